The lowest BCUT2D eigenvalue weighted by molar-refractivity contribution is 0.299. The predicted molar refractivity (Wildman–Crippen MR) is 134 cm³/mol. The Bertz CT molecular complexity index is 1250. The molecule has 3 aromatic carbocycles. The number of ether oxygens (including phenoxy) is 1. The van der Waals surface area contributed by atoms with Crippen molar-refractivity contribution >= 4 is 22.7 Å². The van der Waals surface area contributed by atoms with E-state index in [1.165, 1.54) is 11.1 Å². The number of phenolic OH excluding ortho intramolecular Hbond substituents is 1. The van der Waals surface area contributed by atoms with E-state index in [-0.39, 0.29) is 11.8 Å². The van der Waals surface area contributed by atoms with Gasteiger partial charge in [-0.15, -0.1) is 11.8 Å². The van der Waals surface area contributed by atoms with Crippen LogP contribution in [0.4, 0.5) is 0 Å². The molecule has 5 rings (SSSR count). The van der Waals surface area contributed by atoms with Crippen molar-refractivity contribution in [1.82, 2.24) is 5.32 Å². The molecular weight excluding hydrogens is 430 g/mol. The number of thioether (sulfide) groups is 1. The summed E-state index contributed by atoms with van der Waals surface area (Å²) >= 11 is 1.67. The molecule has 1 aliphatic rings. The van der Waals surface area contributed by atoms with Gasteiger partial charge in [0.2, 0.25) is 0 Å². The first kappa shape index (κ1) is 21.9. The number of phenols is 1. The molecule has 0 bridgehead atoms. The maximum atomic E-state index is 9.97. The first-order chi connectivity index (χ1) is 16.2. The van der Waals surface area contributed by atoms with E-state index in [0.717, 1.165) is 53.0 Å². The van der Waals surface area contributed by atoms with Crippen LogP contribution in [-0.2, 0) is 6.42 Å². The van der Waals surface area contributed by atoms with Crippen LogP contribution in [0.3, 0.4) is 0 Å². The van der Waals surface area contributed by atoms with Crippen LogP contribution in [0.25, 0.3) is 22.3 Å². The smallest absolute Gasteiger partial charge is 0.161 e. The number of hydrogen-bond donors (Lipinski definition) is 1. The molecule has 1 aliphatic heterocycles. The number of furan rings is 1. The molecule has 0 aliphatic carbocycles. The number of methoxy groups -OCH3 is 1. The third kappa shape index (κ3) is 4.48. The van der Waals surface area contributed by atoms with Gasteiger partial charge in [0.1, 0.15) is 11.3 Å². The second kappa shape index (κ2) is 9.54. The van der Waals surface area contributed by atoms with Gasteiger partial charge in [-0.1, -0.05) is 36.4 Å². The van der Waals surface area contributed by atoms with Crippen LogP contribution in [-0.4, -0.2) is 25.0 Å². The molecule has 1 fully saturated rings. The quantitative estimate of drug-likeness (QED) is 0.322. The minimum atomic E-state index is 0.120. The molecular formula is C28H28NO3S. The minimum absolute atomic E-state index is 0.120. The molecule has 2 unspecified atom stereocenters. The van der Waals surface area contributed by atoms with E-state index in [1.807, 2.05) is 12.1 Å². The second-order valence-electron chi connectivity index (χ2n) is 8.61. The van der Waals surface area contributed by atoms with E-state index < -0.39 is 0 Å². The fourth-order valence-corrected chi connectivity index (χ4v) is 5.53. The maximum absolute atomic E-state index is 9.97. The molecule has 33 heavy (non-hydrogen) atoms. The first-order valence-electron chi connectivity index (χ1n) is 11.3. The van der Waals surface area contributed by atoms with Gasteiger partial charge < -0.3 is 14.3 Å². The Labute approximate surface area is 199 Å². The number of piperidine rings is 1. The topological polar surface area (TPSA) is 56.7 Å². The lowest BCUT2D eigenvalue weighted by atomic mass is 9.84. The summed E-state index contributed by atoms with van der Waals surface area (Å²) in [6, 6.07) is 22.8. The third-order valence-corrected chi connectivity index (χ3v) is 7.32. The largest absolute Gasteiger partial charge is 0.504 e. The molecule has 169 valence electrons. The average Bonchev–Trinajstić information content (AvgIpc) is 3.23. The van der Waals surface area contributed by atoms with Gasteiger partial charge in [0.05, 0.1) is 12.0 Å². The van der Waals surface area contributed by atoms with Crippen LogP contribution in [0.15, 0.2) is 76.0 Å². The van der Waals surface area contributed by atoms with Crippen molar-refractivity contribution in [3.63, 3.8) is 0 Å². The molecule has 4 aromatic rings. The Morgan fingerprint density at radius 1 is 1.09 bits per heavy atom. The van der Waals surface area contributed by atoms with E-state index in [2.05, 4.69) is 54.8 Å². The van der Waals surface area contributed by atoms with Gasteiger partial charge in [0.15, 0.2) is 11.5 Å². The van der Waals surface area contributed by atoms with Gasteiger partial charge >= 0.3 is 0 Å². The van der Waals surface area contributed by atoms with Crippen molar-refractivity contribution in [3.05, 3.63) is 77.9 Å². The molecule has 1 aromatic heterocycles. The molecule has 2 heterocycles. The monoisotopic (exact) mass is 458 g/mol. The van der Waals surface area contributed by atoms with Crippen LogP contribution < -0.4 is 10.1 Å². The van der Waals surface area contributed by atoms with Gasteiger partial charge in [-0.2, -0.15) is 0 Å². The molecule has 0 amide bonds. The fraction of sp³-hybridized carbons (Fsp3) is 0.286. The van der Waals surface area contributed by atoms with Crippen molar-refractivity contribution in [1.29, 1.82) is 0 Å². The van der Waals surface area contributed by atoms with Crippen LogP contribution in [0.5, 0.6) is 11.5 Å². The van der Waals surface area contributed by atoms with Crippen molar-refractivity contribution in [2.24, 2.45) is 5.92 Å². The van der Waals surface area contributed by atoms with Crippen molar-refractivity contribution in [2.45, 2.75) is 30.2 Å². The number of fused-ring (bicyclic) bond motifs is 1. The van der Waals surface area contributed by atoms with E-state index in [0.29, 0.717) is 11.7 Å². The lowest BCUT2D eigenvalue weighted by Crippen LogP contribution is -2.27. The van der Waals surface area contributed by atoms with Crippen molar-refractivity contribution in [2.75, 3.05) is 19.9 Å². The molecule has 5 heteroatoms. The van der Waals surface area contributed by atoms with E-state index >= 15 is 0 Å². The van der Waals surface area contributed by atoms with E-state index in [1.54, 1.807) is 24.9 Å². The molecule has 1 N–H and O–H groups in total. The number of rotatable bonds is 6. The number of aromatic hydroxyl groups is 1. The summed E-state index contributed by atoms with van der Waals surface area (Å²) in [5, 5.41) is 16.1. The zero-order valence-corrected chi connectivity index (χ0v) is 19.8. The summed E-state index contributed by atoms with van der Waals surface area (Å²) < 4.78 is 11.6. The number of nitrogens with zero attached hydrogens (tertiary/aromatic N) is 1. The van der Waals surface area contributed by atoms with Gasteiger partial charge in [-0.3, -0.25) is 0 Å². The first-order valence-corrected chi connectivity index (χ1v) is 12.6. The van der Waals surface area contributed by atoms with Gasteiger partial charge in [-0.05, 0) is 72.9 Å². The minimum Gasteiger partial charge on any atom is -0.504 e. The van der Waals surface area contributed by atoms with Crippen molar-refractivity contribution < 1.29 is 14.3 Å². The summed E-state index contributed by atoms with van der Waals surface area (Å²) in [5.41, 5.74) is 4.41. The zero-order chi connectivity index (χ0) is 22.8. The lowest BCUT2D eigenvalue weighted by Gasteiger charge is -2.29. The SMILES string of the molecule is COc1cc(-c2oc3ccc(C4CC(Cc5ccccc5)CC[N]4)cc3c2SC)ccc1O. The standard InChI is InChI=1S/C28H28NO3S/c1-31-26-17-21(8-10-24(26)30)27-28(33-2)22-16-20(9-11-25(22)32-27)23-15-19(12-13-29-23)14-18-6-4-3-5-7-18/h3-11,16-17,19,23,30H,12-15H2,1-2H3. The highest BCUT2D eigenvalue weighted by molar-refractivity contribution is 7.99. The average molecular weight is 459 g/mol. The van der Waals surface area contributed by atoms with Gasteiger partial charge in [-0.25, -0.2) is 5.32 Å². The fourth-order valence-electron chi connectivity index (χ4n) is 4.81. The zero-order valence-electron chi connectivity index (χ0n) is 19.0. The summed E-state index contributed by atoms with van der Waals surface area (Å²) in [6.45, 7) is 0.916. The van der Waals surface area contributed by atoms with Crippen LogP contribution in [0.2, 0.25) is 0 Å². The predicted octanol–water partition coefficient (Wildman–Crippen LogP) is 6.83. The number of benzene rings is 3. The Balaban J connectivity index is 1.44. The Kier molecular flexibility index (Phi) is 6.34. The highest BCUT2D eigenvalue weighted by atomic mass is 32.2. The highest BCUT2D eigenvalue weighted by Crippen LogP contribution is 2.43. The normalized spacial score (nSPS) is 18.5. The summed E-state index contributed by atoms with van der Waals surface area (Å²) in [4.78, 5) is 1.09. The third-order valence-electron chi connectivity index (χ3n) is 6.51. The van der Waals surface area contributed by atoms with Gasteiger partial charge in [0, 0.05) is 23.5 Å². The molecule has 0 spiro atoms. The molecule has 2 atom stereocenters. The summed E-state index contributed by atoms with van der Waals surface area (Å²) in [7, 11) is 1.55. The summed E-state index contributed by atoms with van der Waals surface area (Å²) in [5.74, 6) is 2.01. The van der Waals surface area contributed by atoms with E-state index in [9.17, 15) is 5.11 Å². The van der Waals surface area contributed by atoms with Gasteiger partial charge in [0.25, 0.3) is 0 Å². The van der Waals surface area contributed by atoms with Crippen LogP contribution in [0.1, 0.15) is 30.0 Å². The summed E-state index contributed by atoms with van der Waals surface area (Å²) in [6.07, 6.45) is 5.42. The van der Waals surface area contributed by atoms with Crippen molar-refractivity contribution in [3.8, 4) is 22.8 Å². The second-order valence-corrected chi connectivity index (χ2v) is 9.43. The van der Waals surface area contributed by atoms with E-state index in [4.69, 9.17) is 14.5 Å². The van der Waals surface area contributed by atoms with Crippen LogP contribution in [0, 0.1) is 5.92 Å². The Hall–Kier alpha value is -2.89. The highest BCUT2D eigenvalue weighted by Gasteiger charge is 2.25. The Morgan fingerprint density at radius 3 is 2.73 bits per heavy atom. The molecule has 1 radical (unpaired) electrons. The Morgan fingerprint density at radius 2 is 1.94 bits per heavy atom. The molecule has 4 nitrogen and oxygen atoms in total. The number of hydrogen-bond acceptors (Lipinski definition) is 4. The van der Waals surface area contributed by atoms with Crippen LogP contribution >= 0.6 is 11.8 Å². The molecule has 0 saturated carbocycles. The molecule has 1 saturated heterocycles. The maximum Gasteiger partial charge on any atom is 0.161 e.